The highest BCUT2D eigenvalue weighted by atomic mass is 16.5. The van der Waals surface area contributed by atoms with Crippen LogP contribution in [0.15, 0.2) is 18.2 Å². The lowest BCUT2D eigenvalue weighted by atomic mass is 10.1. The van der Waals surface area contributed by atoms with Crippen molar-refractivity contribution in [1.82, 2.24) is 5.32 Å². The number of aryl methyl sites for hydroxylation is 2. The molecule has 0 amide bonds. The van der Waals surface area contributed by atoms with Gasteiger partial charge in [-0.15, -0.1) is 0 Å². The van der Waals surface area contributed by atoms with E-state index in [-0.39, 0.29) is 0 Å². The SMILES string of the molecule is Cc1ccc(C)c(OCC(O)CNCCC(C)C)c1. The number of benzene rings is 1. The molecule has 0 radical (unpaired) electrons. The summed E-state index contributed by atoms with van der Waals surface area (Å²) in [6.45, 7) is 10.3. The van der Waals surface area contributed by atoms with E-state index >= 15 is 0 Å². The molecule has 2 N–H and O–H groups in total. The molecule has 0 aliphatic carbocycles. The van der Waals surface area contributed by atoms with E-state index < -0.39 is 6.10 Å². The largest absolute Gasteiger partial charge is 0.491 e. The Balaban J connectivity index is 2.26. The molecule has 0 spiro atoms. The second-order valence-corrected chi connectivity index (χ2v) is 5.62. The van der Waals surface area contributed by atoms with Crippen molar-refractivity contribution in [1.29, 1.82) is 0 Å². The Kier molecular flexibility index (Phi) is 6.89. The second-order valence-electron chi connectivity index (χ2n) is 5.62. The maximum Gasteiger partial charge on any atom is 0.122 e. The molecule has 0 heterocycles. The van der Waals surface area contributed by atoms with Gasteiger partial charge in [-0.05, 0) is 49.9 Å². The molecule has 1 aromatic rings. The number of nitrogens with one attached hydrogen (secondary N) is 1. The second kappa shape index (κ2) is 8.18. The summed E-state index contributed by atoms with van der Waals surface area (Å²) in [6, 6.07) is 6.11. The van der Waals surface area contributed by atoms with Gasteiger partial charge < -0.3 is 15.2 Å². The van der Waals surface area contributed by atoms with Gasteiger partial charge in [-0.2, -0.15) is 0 Å². The third kappa shape index (κ3) is 6.60. The van der Waals surface area contributed by atoms with Crippen molar-refractivity contribution in [3.63, 3.8) is 0 Å². The normalized spacial score (nSPS) is 12.7. The summed E-state index contributed by atoms with van der Waals surface area (Å²) in [7, 11) is 0. The van der Waals surface area contributed by atoms with Gasteiger partial charge in [0.15, 0.2) is 0 Å². The van der Waals surface area contributed by atoms with Crippen LogP contribution in [0.4, 0.5) is 0 Å². The van der Waals surface area contributed by atoms with Gasteiger partial charge in [-0.3, -0.25) is 0 Å². The van der Waals surface area contributed by atoms with Crippen molar-refractivity contribution in [3.05, 3.63) is 29.3 Å². The lowest BCUT2D eigenvalue weighted by Crippen LogP contribution is -2.32. The van der Waals surface area contributed by atoms with Crippen molar-refractivity contribution in [2.45, 2.75) is 40.2 Å². The van der Waals surface area contributed by atoms with E-state index in [1.807, 2.05) is 26.0 Å². The van der Waals surface area contributed by atoms with Crippen LogP contribution in [0.2, 0.25) is 0 Å². The minimum absolute atomic E-state index is 0.332. The minimum Gasteiger partial charge on any atom is -0.491 e. The molecule has 0 saturated heterocycles. The smallest absolute Gasteiger partial charge is 0.122 e. The summed E-state index contributed by atoms with van der Waals surface area (Å²) in [5, 5.41) is 13.1. The first kappa shape index (κ1) is 16.0. The molecule has 1 unspecified atom stereocenters. The highest BCUT2D eigenvalue weighted by molar-refractivity contribution is 5.35. The fourth-order valence-electron chi connectivity index (χ4n) is 1.77. The number of hydrogen-bond acceptors (Lipinski definition) is 3. The van der Waals surface area contributed by atoms with E-state index in [9.17, 15) is 5.11 Å². The molecule has 0 bridgehead atoms. The van der Waals surface area contributed by atoms with Gasteiger partial charge in [0.1, 0.15) is 18.5 Å². The van der Waals surface area contributed by atoms with Gasteiger partial charge in [0.2, 0.25) is 0 Å². The fraction of sp³-hybridized carbons (Fsp3) is 0.625. The monoisotopic (exact) mass is 265 g/mol. The van der Waals surface area contributed by atoms with Crippen LogP contribution in [-0.2, 0) is 0 Å². The predicted molar refractivity (Wildman–Crippen MR) is 79.7 cm³/mol. The standard InChI is InChI=1S/C16H27NO2/c1-12(2)7-8-17-10-15(18)11-19-16-9-13(3)5-6-14(16)4/h5-6,9,12,15,17-18H,7-8,10-11H2,1-4H3. The molecule has 1 rings (SSSR count). The van der Waals surface area contributed by atoms with Crippen LogP contribution in [0.1, 0.15) is 31.4 Å². The number of rotatable bonds is 8. The molecule has 3 nitrogen and oxygen atoms in total. The Labute approximate surface area is 117 Å². The van der Waals surface area contributed by atoms with Gasteiger partial charge in [0, 0.05) is 6.54 Å². The summed E-state index contributed by atoms with van der Waals surface area (Å²) in [5.41, 5.74) is 2.27. The Morgan fingerprint density at radius 3 is 2.68 bits per heavy atom. The average molecular weight is 265 g/mol. The van der Waals surface area contributed by atoms with E-state index in [2.05, 4.69) is 25.2 Å². The van der Waals surface area contributed by atoms with Crippen molar-refractivity contribution in [2.24, 2.45) is 5.92 Å². The summed E-state index contributed by atoms with van der Waals surface area (Å²) < 4.78 is 5.67. The molecule has 0 aliphatic rings. The molecule has 1 atom stereocenters. The lowest BCUT2D eigenvalue weighted by molar-refractivity contribution is 0.106. The molecule has 0 aromatic heterocycles. The third-order valence-corrected chi connectivity index (χ3v) is 3.05. The number of ether oxygens (including phenoxy) is 1. The molecular formula is C16H27NO2. The topological polar surface area (TPSA) is 41.5 Å². The Hall–Kier alpha value is -1.06. The highest BCUT2D eigenvalue weighted by Crippen LogP contribution is 2.19. The molecule has 19 heavy (non-hydrogen) atoms. The van der Waals surface area contributed by atoms with Crippen LogP contribution in [0.5, 0.6) is 5.75 Å². The number of aliphatic hydroxyl groups is 1. The maximum absolute atomic E-state index is 9.85. The zero-order chi connectivity index (χ0) is 14.3. The van der Waals surface area contributed by atoms with E-state index in [4.69, 9.17) is 4.74 Å². The summed E-state index contributed by atoms with van der Waals surface area (Å²) >= 11 is 0. The van der Waals surface area contributed by atoms with Crippen LogP contribution >= 0.6 is 0 Å². The number of hydrogen-bond donors (Lipinski definition) is 2. The summed E-state index contributed by atoms with van der Waals surface area (Å²) in [6.07, 6.45) is 0.664. The first-order valence-electron chi connectivity index (χ1n) is 7.08. The molecule has 0 saturated carbocycles. The molecule has 1 aromatic carbocycles. The number of aliphatic hydroxyl groups excluding tert-OH is 1. The molecule has 108 valence electrons. The van der Waals surface area contributed by atoms with Crippen LogP contribution < -0.4 is 10.1 Å². The van der Waals surface area contributed by atoms with Crippen LogP contribution in [0.25, 0.3) is 0 Å². The first-order valence-corrected chi connectivity index (χ1v) is 7.08. The molecule has 3 heteroatoms. The molecule has 0 aliphatic heterocycles. The molecular weight excluding hydrogens is 238 g/mol. The zero-order valence-electron chi connectivity index (χ0n) is 12.6. The fourth-order valence-corrected chi connectivity index (χ4v) is 1.77. The van der Waals surface area contributed by atoms with E-state index in [0.717, 1.165) is 24.3 Å². The lowest BCUT2D eigenvalue weighted by Gasteiger charge is -2.15. The van der Waals surface area contributed by atoms with Gasteiger partial charge in [-0.1, -0.05) is 26.0 Å². The average Bonchev–Trinajstić information content (AvgIpc) is 2.35. The van der Waals surface area contributed by atoms with Gasteiger partial charge in [0.05, 0.1) is 0 Å². The predicted octanol–water partition coefficient (Wildman–Crippen LogP) is 2.68. The van der Waals surface area contributed by atoms with Crippen molar-refractivity contribution >= 4 is 0 Å². The van der Waals surface area contributed by atoms with E-state index in [1.165, 1.54) is 5.56 Å². The van der Waals surface area contributed by atoms with Crippen LogP contribution in [0.3, 0.4) is 0 Å². The minimum atomic E-state index is -0.466. The van der Waals surface area contributed by atoms with Crippen LogP contribution in [-0.4, -0.2) is 30.9 Å². The summed E-state index contributed by atoms with van der Waals surface area (Å²) in [4.78, 5) is 0. The Morgan fingerprint density at radius 1 is 1.26 bits per heavy atom. The first-order chi connectivity index (χ1) is 8.99. The highest BCUT2D eigenvalue weighted by Gasteiger charge is 2.06. The van der Waals surface area contributed by atoms with Crippen molar-refractivity contribution < 1.29 is 9.84 Å². The third-order valence-electron chi connectivity index (χ3n) is 3.05. The summed E-state index contributed by atoms with van der Waals surface area (Å²) in [5.74, 6) is 1.55. The van der Waals surface area contributed by atoms with E-state index in [0.29, 0.717) is 19.1 Å². The quantitative estimate of drug-likeness (QED) is 0.710. The van der Waals surface area contributed by atoms with Gasteiger partial charge in [0.25, 0.3) is 0 Å². The van der Waals surface area contributed by atoms with Crippen molar-refractivity contribution in [3.8, 4) is 5.75 Å². The van der Waals surface area contributed by atoms with Crippen molar-refractivity contribution in [2.75, 3.05) is 19.7 Å². The zero-order valence-corrected chi connectivity index (χ0v) is 12.6. The van der Waals surface area contributed by atoms with Gasteiger partial charge >= 0.3 is 0 Å². The molecule has 0 fully saturated rings. The van der Waals surface area contributed by atoms with Crippen LogP contribution in [0, 0.1) is 19.8 Å². The van der Waals surface area contributed by atoms with Gasteiger partial charge in [-0.25, -0.2) is 0 Å². The Morgan fingerprint density at radius 2 is 2.00 bits per heavy atom. The maximum atomic E-state index is 9.85. The Bertz CT molecular complexity index is 377. The van der Waals surface area contributed by atoms with E-state index in [1.54, 1.807) is 0 Å².